The summed E-state index contributed by atoms with van der Waals surface area (Å²) >= 11 is 9.37. The molecule has 7 nitrogen and oxygen atoms in total. The zero-order valence-corrected chi connectivity index (χ0v) is 21.4. The highest BCUT2D eigenvalue weighted by molar-refractivity contribution is 9.10. The molecular weight excluding hydrogens is 536 g/mol. The van der Waals surface area contributed by atoms with Crippen LogP contribution in [0.2, 0.25) is 5.02 Å². The summed E-state index contributed by atoms with van der Waals surface area (Å²) in [5.41, 5.74) is 2.79. The van der Waals surface area contributed by atoms with E-state index < -0.39 is 0 Å². The Balaban J connectivity index is 1.63. The number of hydrogen-bond donors (Lipinski definition) is 0. The second-order valence-electron chi connectivity index (χ2n) is 7.71. The maximum absolute atomic E-state index is 13.3. The summed E-state index contributed by atoms with van der Waals surface area (Å²) < 4.78 is 17.2. The van der Waals surface area contributed by atoms with Crippen molar-refractivity contribution in [3.63, 3.8) is 0 Å². The Labute approximate surface area is 216 Å². The summed E-state index contributed by atoms with van der Waals surface area (Å²) in [5.74, 6) is 1.11. The van der Waals surface area contributed by atoms with Gasteiger partial charge in [0.05, 0.1) is 31.5 Å². The number of carbonyl (C=O) groups is 2. The largest absolute Gasteiger partial charge is 0.493 e. The topological polar surface area (TPSA) is 77.4 Å². The minimum absolute atomic E-state index is 0.288. The van der Waals surface area contributed by atoms with Crippen LogP contribution < -0.4 is 14.2 Å². The normalized spacial score (nSPS) is 14.9. The van der Waals surface area contributed by atoms with Crippen LogP contribution in [0.15, 0.2) is 70.2 Å². The molecule has 0 aromatic heterocycles. The zero-order valence-electron chi connectivity index (χ0n) is 19.0. The van der Waals surface area contributed by atoms with Gasteiger partial charge in [0, 0.05) is 15.9 Å². The van der Waals surface area contributed by atoms with Gasteiger partial charge in [-0.15, -0.1) is 0 Å². The number of carbonyl (C=O) groups excluding carboxylic acids is 2. The van der Waals surface area contributed by atoms with Crippen LogP contribution in [-0.4, -0.2) is 43.7 Å². The highest BCUT2D eigenvalue weighted by Crippen LogP contribution is 2.37. The lowest BCUT2D eigenvalue weighted by Crippen LogP contribution is -2.31. The van der Waals surface area contributed by atoms with Gasteiger partial charge in [0.15, 0.2) is 24.4 Å². The first kappa shape index (κ1) is 24.8. The Hall–Kier alpha value is -3.36. The lowest BCUT2D eigenvalue weighted by Gasteiger charge is -2.23. The van der Waals surface area contributed by atoms with E-state index in [4.69, 9.17) is 25.8 Å². The van der Waals surface area contributed by atoms with Gasteiger partial charge in [0.1, 0.15) is 5.75 Å². The zero-order chi connectivity index (χ0) is 24.9. The summed E-state index contributed by atoms with van der Waals surface area (Å²) in [6.07, 6.45) is 1.17. The van der Waals surface area contributed by atoms with E-state index in [0.717, 1.165) is 21.3 Å². The van der Waals surface area contributed by atoms with Gasteiger partial charge in [-0.2, -0.15) is 5.10 Å². The first-order chi connectivity index (χ1) is 16.9. The van der Waals surface area contributed by atoms with Crippen molar-refractivity contribution in [3.05, 3.63) is 86.8 Å². The fourth-order valence-electron chi connectivity index (χ4n) is 3.83. The fraction of sp³-hybridized carbons (Fsp3) is 0.192. The Morgan fingerprint density at radius 1 is 1.06 bits per heavy atom. The third kappa shape index (κ3) is 5.49. The van der Waals surface area contributed by atoms with Gasteiger partial charge in [-0.3, -0.25) is 9.59 Å². The van der Waals surface area contributed by atoms with E-state index >= 15 is 0 Å². The molecule has 3 aromatic carbocycles. The number of hydrazone groups is 1. The van der Waals surface area contributed by atoms with Crippen molar-refractivity contribution in [3.8, 4) is 17.2 Å². The summed E-state index contributed by atoms with van der Waals surface area (Å²) in [7, 11) is 3.13. The van der Waals surface area contributed by atoms with E-state index in [1.807, 2.05) is 24.3 Å². The van der Waals surface area contributed by atoms with Crippen molar-refractivity contribution < 1.29 is 23.8 Å². The van der Waals surface area contributed by atoms with Crippen molar-refractivity contribution in [2.24, 2.45) is 5.10 Å². The van der Waals surface area contributed by atoms with Crippen LogP contribution in [0.3, 0.4) is 0 Å². The number of hydrogen-bond acceptors (Lipinski definition) is 6. The molecule has 0 aliphatic carbocycles. The number of benzene rings is 3. The van der Waals surface area contributed by atoms with E-state index in [0.29, 0.717) is 40.5 Å². The van der Waals surface area contributed by atoms with Gasteiger partial charge in [-0.25, -0.2) is 5.01 Å². The first-order valence-electron chi connectivity index (χ1n) is 10.7. The van der Waals surface area contributed by atoms with E-state index in [1.165, 1.54) is 5.01 Å². The minimum atomic E-state index is -0.382. The molecule has 1 aliphatic rings. The summed E-state index contributed by atoms with van der Waals surface area (Å²) in [4.78, 5) is 24.7. The smallest absolute Gasteiger partial charge is 0.281 e. The summed E-state index contributed by atoms with van der Waals surface area (Å²) in [6, 6.07) is 17.5. The van der Waals surface area contributed by atoms with Gasteiger partial charge in [-0.05, 0) is 53.6 Å². The van der Waals surface area contributed by atoms with Crippen LogP contribution in [0, 0.1) is 0 Å². The quantitative estimate of drug-likeness (QED) is 0.333. The molecule has 0 spiro atoms. The monoisotopic (exact) mass is 556 g/mol. The molecule has 1 unspecified atom stereocenters. The molecule has 1 amide bonds. The molecule has 1 atom stereocenters. The lowest BCUT2D eigenvalue weighted by atomic mass is 9.98. The van der Waals surface area contributed by atoms with E-state index in [2.05, 4.69) is 21.0 Å². The molecule has 9 heteroatoms. The van der Waals surface area contributed by atoms with Crippen molar-refractivity contribution in [2.45, 2.75) is 12.5 Å². The lowest BCUT2D eigenvalue weighted by molar-refractivity contribution is -0.135. The van der Waals surface area contributed by atoms with E-state index in [-0.39, 0.29) is 18.6 Å². The van der Waals surface area contributed by atoms with Gasteiger partial charge >= 0.3 is 0 Å². The molecule has 35 heavy (non-hydrogen) atoms. The number of methoxy groups -OCH3 is 2. The molecule has 0 saturated heterocycles. The molecule has 1 heterocycles. The summed E-state index contributed by atoms with van der Waals surface area (Å²) in [6.45, 7) is -0.288. The maximum Gasteiger partial charge on any atom is 0.281 e. The second-order valence-corrected chi connectivity index (χ2v) is 9.07. The van der Waals surface area contributed by atoms with Crippen molar-refractivity contribution in [1.29, 1.82) is 0 Å². The Bertz CT molecular complexity index is 1280. The molecule has 0 radical (unpaired) electrons. The van der Waals surface area contributed by atoms with Gasteiger partial charge in [0.25, 0.3) is 5.91 Å². The van der Waals surface area contributed by atoms with Gasteiger partial charge < -0.3 is 14.2 Å². The van der Waals surface area contributed by atoms with Crippen LogP contribution in [0.4, 0.5) is 0 Å². The average molecular weight is 558 g/mol. The molecule has 3 aromatic rings. The molecule has 0 fully saturated rings. The summed E-state index contributed by atoms with van der Waals surface area (Å²) in [5, 5.41) is 6.68. The average Bonchev–Trinajstić information content (AvgIpc) is 3.33. The maximum atomic E-state index is 13.3. The van der Waals surface area contributed by atoms with Gasteiger partial charge in [0.2, 0.25) is 0 Å². The molecule has 1 aliphatic heterocycles. The number of aldehydes is 1. The standard InChI is InChI=1S/C26H22BrClN2O5/c1-33-24-9-5-17(12-25(24)34-2)22-13-21(16-3-7-20(28)8-4-16)29-30(22)26(32)15-35-23-10-6-19(27)11-18(23)14-31/h3-12,14,22H,13,15H2,1-2H3. The van der Waals surface area contributed by atoms with Crippen molar-refractivity contribution in [2.75, 3.05) is 20.8 Å². The molecule has 0 N–H and O–H groups in total. The van der Waals surface area contributed by atoms with Crippen LogP contribution in [-0.2, 0) is 4.79 Å². The third-order valence-electron chi connectivity index (χ3n) is 5.59. The highest BCUT2D eigenvalue weighted by Gasteiger charge is 2.34. The number of amides is 1. The molecule has 180 valence electrons. The van der Waals surface area contributed by atoms with Crippen molar-refractivity contribution >= 4 is 45.4 Å². The Morgan fingerprint density at radius 2 is 1.77 bits per heavy atom. The van der Waals surface area contributed by atoms with Gasteiger partial charge in [-0.1, -0.05) is 45.7 Å². The minimum Gasteiger partial charge on any atom is -0.493 e. The SMILES string of the molecule is COc1ccc(C2CC(c3ccc(Cl)cc3)=NN2C(=O)COc2ccc(Br)cc2C=O)cc1OC. The number of nitrogens with zero attached hydrogens (tertiary/aromatic N) is 2. The number of ether oxygens (including phenoxy) is 3. The number of rotatable bonds is 8. The van der Waals surface area contributed by atoms with Crippen LogP contribution in [0.25, 0.3) is 0 Å². The predicted octanol–water partition coefficient (Wildman–Crippen LogP) is 5.69. The molecular formula is C26H22BrClN2O5. The molecule has 0 saturated carbocycles. The fourth-order valence-corrected chi connectivity index (χ4v) is 4.33. The second kappa shape index (κ2) is 10.9. The molecule has 4 rings (SSSR count). The third-order valence-corrected chi connectivity index (χ3v) is 6.33. The van der Waals surface area contributed by atoms with E-state index in [1.54, 1.807) is 50.6 Å². The first-order valence-corrected chi connectivity index (χ1v) is 11.9. The number of halogens is 2. The predicted molar refractivity (Wildman–Crippen MR) is 137 cm³/mol. The van der Waals surface area contributed by atoms with Crippen LogP contribution in [0.5, 0.6) is 17.2 Å². The Morgan fingerprint density at radius 3 is 2.46 bits per heavy atom. The van der Waals surface area contributed by atoms with Crippen LogP contribution in [0.1, 0.15) is 33.9 Å². The van der Waals surface area contributed by atoms with Crippen LogP contribution >= 0.6 is 27.5 Å². The Kier molecular flexibility index (Phi) is 7.73. The highest BCUT2D eigenvalue weighted by atomic mass is 79.9. The molecule has 0 bridgehead atoms. The van der Waals surface area contributed by atoms with Crippen molar-refractivity contribution in [1.82, 2.24) is 5.01 Å². The van der Waals surface area contributed by atoms with E-state index in [9.17, 15) is 9.59 Å².